The first-order valence-electron chi connectivity index (χ1n) is 8.72. The van der Waals surface area contributed by atoms with Gasteiger partial charge in [-0.05, 0) is 75.2 Å². The van der Waals surface area contributed by atoms with Gasteiger partial charge in [-0.1, -0.05) is 0 Å². The van der Waals surface area contributed by atoms with E-state index < -0.39 is 0 Å². The van der Waals surface area contributed by atoms with Crippen molar-refractivity contribution in [1.82, 2.24) is 0 Å². The molecule has 0 bridgehead atoms. The van der Waals surface area contributed by atoms with Crippen LogP contribution in [0.3, 0.4) is 0 Å². The molecule has 1 saturated carbocycles. The van der Waals surface area contributed by atoms with Crippen LogP contribution < -0.4 is 0 Å². The first-order valence-corrected chi connectivity index (χ1v) is 9.87. The molecule has 1 aliphatic carbocycles. The van der Waals surface area contributed by atoms with E-state index in [1.54, 1.807) is 0 Å². The molecular formula is C17H30O3S. The van der Waals surface area contributed by atoms with Crippen molar-refractivity contribution in [2.75, 3.05) is 24.7 Å². The molecule has 21 heavy (non-hydrogen) atoms. The summed E-state index contributed by atoms with van der Waals surface area (Å²) in [6, 6.07) is 0. The van der Waals surface area contributed by atoms with Gasteiger partial charge in [-0.25, -0.2) is 0 Å². The molecule has 4 heteroatoms. The number of rotatable bonds is 5. The van der Waals surface area contributed by atoms with Crippen LogP contribution in [0.2, 0.25) is 0 Å². The standard InChI is InChI=1S/C17H30O3S/c1-2-19-15-9-13(10-15)11-16(18)14-3-6-20-17(12-14)4-7-21-8-5-17/h13-16,18H,2-12H2,1H3. The van der Waals surface area contributed by atoms with E-state index in [-0.39, 0.29) is 11.7 Å². The van der Waals surface area contributed by atoms with Gasteiger partial charge in [0.05, 0.1) is 17.8 Å². The third-order valence-electron chi connectivity index (χ3n) is 5.65. The average Bonchev–Trinajstić information content (AvgIpc) is 2.46. The molecule has 1 spiro atoms. The Kier molecular flexibility index (Phi) is 5.52. The zero-order valence-electron chi connectivity index (χ0n) is 13.3. The molecule has 3 rings (SSSR count). The fourth-order valence-electron chi connectivity index (χ4n) is 4.26. The molecule has 122 valence electrons. The number of hydrogen-bond donors (Lipinski definition) is 1. The van der Waals surface area contributed by atoms with Crippen molar-refractivity contribution in [3.63, 3.8) is 0 Å². The number of ether oxygens (including phenoxy) is 2. The molecule has 2 saturated heterocycles. The molecule has 2 aliphatic heterocycles. The lowest BCUT2D eigenvalue weighted by molar-refractivity contribution is -0.126. The molecule has 0 aromatic rings. The van der Waals surface area contributed by atoms with Crippen LogP contribution in [0.25, 0.3) is 0 Å². The van der Waals surface area contributed by atoms with E-state index in [0.29, 0.717) is 17.9 Å². The van der Waals surface area contributed by atoms with Crippen molar-refractivity contribution >= 4 is 11.8 Å². The summed E-state index contributed by atoms with van der Waals surface area (Å²) in [5.41, 5.74) is 0.0998. The molecule has 0 aromatic heterocycles. The maximum Gasteiger partial charge on any atom is 0.0701 e. The van der Waals surface area contributed by atoms with Crippen molar-refractivity contribution < 1.29 is 14.6 Å². The maximum atomic E-state index is 10.6. The van der Waals surface area contributed by atoms with E-state index in [2.05, 4.69) is 6.92 Å². The number of aliphatic hydroxyl groups excluding tert-OH is 1. The molecule has 0 amide bonds. The first-order chi connectivity index (χ1) is 10.2. The molecule has 3 fully saturated rings. The summed E-state index contributed by atoms with van der Waals surface area (Å²) in [6.45, 7) is 3.73. The van der Waals surface area contributed by atoms with Crippen LogP contribution in [0.5, 0.6) is 0 Å². The predicted molar refractivity (Wildman–Crippen MR) is 86.7 cm³/mol. The molecule has 1 N–H and O–H groups in total. The third-order valence-corrected chi connectivity index (χ3v) is 6.63. The fraction of sp³-hybridized carbons (Fsp3) is 1.00. The highest BCUT2D eigenvalue weighted by atomic mass is 32.2. The van der Waals surface area contributed by atoms with Gasteiger partial charge < -0.3 is 14.6 Å². The van der Waals surface area contributed by atoms with E-state index in [1.807, 2.05) is 11.8 Å². The van der Waals surface area contributed by atoms with Crippen LogP contribution in [0.1, 0.15) is 51.9 Å². The second kappa shape index (κ2) is 7.20. The van der Waals surface area contributed by atoms with Gasteiger partial charge in [-0.3, -0.25) is 0 Å². The van der Waals surface area contributed by atoms with Crippen molar-refractivity contribution in [1.29, 1.82) is 0 Å². The van der Waals surface area contributed by atoms with Crippen molar-refractivity contribution in [2.45, 2.75) is 69.7 Å². The summed E-state index contributed by atoms with van der Waals surface area (Å²) in [5, 5.41) is 10.6. The monoisotopic (exact) mass is 314 g/mol. The van der Waals surface area contributed by atoms with Gasteiger partial charge in [0.15, 0.2) is 0 Å². The average molecular weight is 314 g/mol. The van der Waals surface area contributed by atoms with Gasteiger partial charge in [0.25, 0.3) is 0 Å². The van der Waals surface area contributed by atoms with Crippen LogP contribution in [0, 0.1) is 11.8 Å². The van der Waals surface area contributed by atoms with Gasteiger partial charge in [0.1, 0.15) is 0 Å². The van der Waals surface area contributed by atoms with Crippen molar-refractivity contribution in [3.05, 3.63) is 0 Å². The smallest absolute Gasteiger partial charge is 0.0701 e. The van der Waals surface area contributed by atoms with Crippen LogP contribution in [-0.2, 0) is 9.47 Å². The second-order valence-electron chi connectivity index (χ2n) is 7.11. The molecule has 3 aliphatic rings. The molecule has 3 nitrogen and oxygen atoms in total. The van der Waals surface area contributed by atoms with Crippen molar-refractivity contribution in [2.24, 2.45) is 11.8 Å². The van der Waals surface area contributed by atoms with Crippen LogP contribution in [-0.4, -0.2) is 47.6 Å². The van der Waals surface area contributed by atoms with Gasteiger partial charge in [-0.2, -0.15) is 11.8 Å². The quantitative estimate of drug-likeness (QED) is 0.845. The Morgan fingerprint density at radius 2 is 2.10 bits per heavy atom. The Morgan fingerprint density at radius 3 is 2.81 bits per heavy atom. The fourth-order valence-corrected chi connectivity index (χ4v) is 5.50. The topological polar surface area (TPSA) is 38.7 Å². The van der Waals surface area contributed by atoms with Gasteiger partial charge >= 0.3 is 0 Å². The SMILES string of the molecule is CCOC1CC(CC(O)C2CCOC3(CCSCC3)C2)C1. The van der Waals surface area contributed by atoms with E-state index in [0.717, 1.165) is 45.3 Å². The van der Waals surface area contributed by atoms with E-state index in [4.69, 9.17) is 9.47 Å². The Bertz CT molecular complexity index is 318. The zero-order valence-corrected chi connectivity index (χ0v) is 14.1. The normalized spacial score (nSPS) is 37.1. The van der Waals surface area contributed by atoms with E-state index in [1.165, 1.54) is 24.3 Å². The van der Waals surface area contributed by atoms with Crippen LogP contribution in [0.15, 0.2) is 0 Å². The highest BCUT2D eigenvalue weighted by Gasteiger charge is 2.42. The Labute approximate surface area is 133 Å². The summed E-state index contributed by atoms with van der Waals surface area (Å²) < 4.78 is 11.8. The molecule has 0 radical (unpaired) electrons. The number of aliphatic hydroxyl groups is 1. The van der Waals surface area contributed by atoms with Gasteiger partial charge in [-0.15, -0.1) is 0 Å². The second-order valence-corrected chi connectivity index (χ2v) is 8.34. The zero-order chi connectivity index (χ0) is 14.7. The highest BCUT2D eigenvalue weighted by molar-refractivity contribution is 7.99. The Morgan fingerprint density at radius 1 is 1.33 bits per heavy atom. The van der Waals surface area contributed by atoms with E-state index in [9.17, 15) is 5.11 Å². The Hall–Kier alpha value is 0.230. The Balaban J connectivity index is 1.45. The molecule has 2 atom stereocenters. The molecule has 2 unspecified atom stereocenters. The van der Waals surface area contributed by atoms with E-state index >= 15 is 0 Å². The lowest BCUT2D eigenvalue weighted by Crippen LogP contribution is -2.46. The molecular weight excluding hydrogens is 284 g/mol. The van der Waals surface area contributed by atoms with Crippen LogP contribution in [0.4, 0.5) is 0 Å². The highest BCUT2D eigenvalue weighted by Crippen LogP contribution is 2.42. The minimum absolute atomic E-state index is 0.0998. The minimum Gasteiger partial charge on any atom is -0.393 e. The van der Waals surface area contributed by atoms with Crippen molar-refractivity contribution in [3.8, 4) is 0 Å². The largest absolute Gasteiger partial charge is 0.393 e. The summed E-state index contributed by atoms with van der Waals surface area (Å²) in [5.74, 6) is 3.58. The minimum atomic E-state index is -0.132. The number of thioether (sulfide) groups is 1. The molecule has 0 aromatic carbocycles. The maximum absolute atomic E-state index is 10.6. The third kappa shape index (κ3) is 3.95. The van der Waals surface area contributed by atoms with Gasteiger partial charge in [0, 0.05) is 13.2 Å². The summed E-state index contributed by atoms with van der Waals surface area (Å²) in [6.07, 6.45) is 8.07. The summed E-state index contributed by atoms with van der Waals surface area (Å²) in [4.78, 5) is 0. The van der Waals surface area contributed by atoms with Gasteiger partial charge in [0.2, 0.25) is 0 Å². The first kappa shape index (κ1) is 16.1. The lowest BCUT2D eigenvalue weighted by Gasteiger charge is -2.45. The molecule has 2 heterocycles. The number of hydrogen-bond acceptors (Lipinski definition) is 4. The lowest BCUT2D eigenvalue weighted by atomic mass is 9.73. The van der Waals surface area contributed by atoms with Crippen LogP contribution >= 0.6 is 11.8 Å². The summed E-state index contributed by atoms with van der Waals surface area (Å²) in [7, 11) is 0. The predicted octanol–water partition coefficient (Wildman–Crippen LogP) is 3.24. The summed E-state index contributed by atoms with van der Waals surface area (Å²) >= 11 is 2.04.